The molecule has 1 aliphatic rings. The standard InChI is InChI=1S/C36H39N3O2/c1-39(2)22-21-36(40,32-18-9-14-25-11-7-8-17-30(25)32)34(26-12-5-4-6-13-26)31-24-27-23-29(37-28-15-10-16-28)19-20-33(27)38-35(31)41-3/h4-9,11-14,17-20,23-24,28,34,37,40H,10,15-16,21-22H2,1-3H3/t34-,36-/m1/s1. The Kier molecular flexibility index (Phi) is 7.65. The van der Waals surface area contributed by atoms with Crippen molar-refractivity contribution in [1.29, 1.82) is 0 Å². The van der Waals surface area contributed by atoms with Crippen molar-refractivity contribution in [2.24, 2.45) is 0 Å². The quantitative estimate of drug-likeness (QED) is 0.192. The zero-order valence-corrected chi connectivity index (χ0v) is 24.2. The average molecular weight is 546 g/mol. The van der Waals surface area contributed by atoms with Gasteiger partial charge in [-0.15, -0.1) is 0 Å². The van der Waals surface area contributed by atoms with Crippen LogP contribution in [-0.2, 0) is 5.60 Å². The second-order valence-electron chi connectivity index (χ2n) is 11.6. The van der Waals surface area contributed by atoms with Crippen LogP contribution in [0.25, 0.3) is 21.7 Å². The molecule has 5 heteroatoms. The lowest BCUT2D eigenvalue weighted by molar-refractivity contribution is 0.00520. The summed E-state index contributed by atoms with van der Waals surface area (Å²) >= 11 is 0. The molecule has 41 heavy (non-hydrogen) atoms. The molecule has 1 fully saturated rings. The summed E-state index contributed by atoms with van der Waals surface area (Å²) in [6, 6.07) is 33.9. The highest BCUT2D eigenvalue weighted by molar-refractivity contribution is 5.87. The second kappa shape index (κ2) is 11.5. The third-order valence-electron chi connectivity index (χ3n) is 8.59. The normalized spacial score (nSPS) is 15.9. The van der Waals surface area contributed by atoms with Crippen LogP contribution in [0.3, 0.4) is 0 Å². The van der Waals surface area contributed by atoms with Gasteiger partial charge in [0.15, 0.2) is 0 Å². The minimum atomic E-state index is -1.25. The molecule has 4 aromatic carbocycles. The van der Waals surface area contributed by atoms with Gasteiger partial charge in [0.1, 0.15) is 5.60 Å². The van der Waals surface area contributed by atoms with Crippen LogP contribution >= 0.6 is 0 Å². The third kappa shape index (κ3) is 5.40. The number of aliphatic hydroxyl groups is 1. The van der Waals surface area contributed by atoms with Gasteiger partial charge < -0.3 is 20.1 Å². The smallest absolute Gasteiger partial charge is 0.217 e. The molecule has 0 spiro atoms. The van der Waals surface area contributed by atoms with E-state index < -0.39 is 11.5 Å². The summed E-state index contributed by atoms with van der Waals surface area (Å²) in [6.45, 7) is 0.710. The minimum absolute atomic E-state index is 0.426. The van der Waals surface area contributed by atoms with Gasteiger partial charge in [0.2, 0.25) is 5.88 Å². The molecule has 1 saturated carbocycles. The molecule has 6 rings (SSSR count). The van der Waals surface area contributed by atoms with Crippen LogP contribution in [0.5, 0.6) is 5.88 Å². The Labute approximate surface area is 242 Å². The van der Waals surface area contributed by atoms with Gasteiger partial charge in [-0.25, -0.2) is 4.98 Å². The van der Waals surface area contributed by atoms with Gasteiger partial charge in [0, 0.05) is 35.1 Å². The van der Waals surface area contributed by atoms with Gasteiger partial charge >= 0.3 is 0 Å². The molecule has 1 aromatic heterocycles. The van der Waals surface area contributed by atoms with E-state index in [1.807, 2.05) is 30.3 Å². The summed E-state index contributed by atoms with van der Waals surface area (Å²) in [4.78, 5) is 7.12. The number of rotatable bonds is 10. The molecule has 0 saturated heterocycles. The first-order valence-electron chi connectivity index (χ1n) is 14.6. The van der Waals surface area contributed by atoms with E-state index >= 15 is 0 Å². The van der Waals surface area contributed by atoms with E-state index in [0.29, 0.717) is 24.9 Å². The first kappa shape index (κ1) is 27.3. The van der Waals surface area contributed by atoms with Crippen LogP contribution in [0.4, 0.5) is 5.69 Å². The average Bonchev–Trinajstić information content (AvgIpc) is 2.98. The fourth-order valence-corrected chi connectivity index (χ4v) is 6.21. The number of nitrogens with zero attached hydrogens (tertiary/aromatic N) is 2. The molecule has 5 nitrogen and oxygen atoms in total. The number of hydrogen-bond acceptors (Lipinski definition) is 5. The number of hydrogen-bond donors (Lipinski definition) is 2. The molecule has 0 bridgehead atoms. The molecule has 1 heterocycles. The largest absolute Gasteiger partial charge is 0.481 e. The van der Waals surface area contributed by atoms with Gasteiger partial charge in [-0.1, -0.05) is 72.8 Å². The van der Waals surface area contributed by atoms with E-state index in [0.717, 1.165) is 44.1 Å². The SMILES string of the molecule is COc1nc2ccc(NC3CCC3)cc2cc1[C@@H](c1ccccc1)[C@@](O)(CCN(C)C)c1cccc2ccccc12. The van der Waals surface area contributed by atoms with Gasteiger partial charge in [-0.2, -0.15) is 0 Å². The first-order chi connectivity index (χ1) is 20.0. The predicted molar refractivity (Wildman–Crippen MR) is 169 cm³/mol. The monoisotopic (exact) mass is 545 g/mol. The molecule has 0 radical (unpaired) electrons. The highest BCUT2D eigenvalue weighted by atomic mass is 16.5. The summed E-state index contributed by atoms with van der Waals surface area (Å²) in [5, 5.41) is 20.0. The summed E-state index contributed by atoms with van der Waals surface area (Å²) in [5.74, 6) is 0.110. The Morgan fingerprint density at radius 3 is 2.41 bits per heavy atom. The van der Waals surface area contributed by atoms with Gasteiger partial charge in [-0.05, 0) is 85.9 Å². The Bertz CT molecular complexity index is 1640. The maximum Gasteiger partial charge on any atom is 0.217 e. The van der Waals surface area contributed by atoms with Gasteiger partial charge in [0.25, 0.3) is 0 Å². The Morgan fingerprint density at radius 2 is 1.68 bits per heavy atom. The number of benzene rings is 4. The molecule has 2 N–H and O–H groups in total. The Morgan fingerprint density at radius 1 is 0.927 bits per heavy atom. The van der Waals surface area contributed by atoms with E-state index in [1.165, 1.54) is 19.3 Å². The highest BCUT2D eigenvalue weighted by Gasteiger charge is 2.43. The number of pyridine rings is 1. The number of aromatic nitrogens is 1. The summed E-state index contributed by atoms with van der Waals surface area (Å²) in [5.41, 5.74) is 3.53. The first-order valence-corrected chi connectivity index (χ1v) is 14.6. The lowest BCUT2D eigenvalue weighted by Gasteiger charge is -2.39. The van der Waals surface area contributed by atoms with E-state index in [4.69, 9.17) is 9.72 Å². The Hall–Kier alpha value is -3.93. The summed E-state index contributed by atoms with van der Waals surface area (Å²) in [6.07, 6.45) is 4.24. The molecule has 210 valence electrons. The van der Waals surface area contributed by atoms with E-state index in [2.05, 4.69) is 91.0 Å². The van der Waals surface area contributed by atoms with E-state index in [1.54, 1.807) is 7.11 Å². The van der Waals surface area contributed by atoms with Crippen molar-refractivity contribution in [1.82, 2.24) is 9.88 Å². The van der Waals surface area contributed by atoms with Crippen LogP contribution in [0.2, 0.25) is 0 Å². The van der Waals surface area contributed by atoms with Crippen molar-refractivity contribution < 1.29 is 9.84 Å². The molecule has 2 atom stereocenters. The van der Waals surface area contributed by atoms with Crippen LogP contribution in [0.1, 0.15) is 48.3 Å². The van der Waals surface area contributed by atoms with Crippen molar-refractivity contribution in [3.05, 3.63) is 114 Å². The van der Waals surface area contributed by atoms with E-state index in [-0.39, 0.29) is 0 Å². The topological polar surface area (TPSA) is 57.6 Å². The third-order valence-corrected chi connectivity index (χ3v) is 8.59. The molecule has 5 aromatic rings. The van der Waals surface area contributed by atoms with Gasteiger partial charge in [0.05, 0.1) is 12.6 Å². The number of nitrogens with one attached hydrogen (secondary N) is 1. The van der Waals surface area contributed by atoms with Crippen molar-refractivity contribution in [2.45, 2.75) is 43.2 Å². The minimum Gasteiger partial charge on any atom is -0.481 e. The number of anilines is 1. The zero-order chi connectivity index (χ0) is 28.4. The second-order valence-corrected chi connectivity index (χ2v) is 11.6. The van der Waals surface area contributed by atoms with Crippen LogP contribution < -0.4 is 10.1 Å². The fourth-order valence-electron chi connectivity index (χ4n) is 6.21. The molecule has 1 aliphatic carbocycles. The van der Waals surface area contributed by atoms with Gasteiger partial charge in [-0.3, -0.25) is 0 Å². The van der Waals surface area contributed by atoms with E-state index in [9.17, 15) is 5.11 Å². The lowest BCUT2D eigenvalue weighted by atomic mass is 9.70. The van der Waals surface area contributed by atoms with Crippen LogP contribution in [-0.4, -0.2) is 48.8 Å². The molecular weight excluding hydrogens is 506 g/mol. The fraction of sp³-hybridized carbons (Fsp3) is 0.306. The highest BCUT2D eigenvalue weighted by Crippen LogP contribution is 2.49. The maximum atomic E-state index is 13.2. The number of fused-ring (bicyclic) bond motifs is 2. The number of methoxy groups -OCH3 is 1. The zero-order valence-electron chi connectivity index (χ0n) is 24.2. The van der Waals surface area contributed by atoms with Crippen molar-refractivity contribution >= 4 is 27.4 Å². The molecule has 0 amide bonds. The lowest BCUT2D eigenvalue weighted by Crippen LogP contribution is -2.38. The van der Waals surface area contributed by atoms with Crippen LogP contribution in [0, 0.1) is 0 Å². The Balaban J connectivity index is 1.59. The maximum absolute atomic E-state index is 13.2. The molecule has 0 aliphatic heterocycles. The predicted octanol–water partition coefficient (Wildman–Crippen LogP) is 7.33. The number of ether oxygens (including phenoxy) is 1. The van der Waals surface area contributed by atoms with Crippen molar-refractivity contribution in [3.8, 4) is 5.88 Å². The molecule has 0 unspecified atom stereocenters. The van der Waals surface area contributed by atoms with Crippen molar-refractivity contribution in [2.75, 3.05) is 33.1 Å². The van der Waals surface area contributed by atoms with Crippen molar-refractivity contribution in [3.63, 3.8) is 0 Å². The van der Waals surface area contributed by atoms with Crippen LogP contribution in [0.15, 0.2) is 97.1 Å². The molecular formula is C36H39N3O2. The summed E-state index contributed by atoms with van der Waals surface area (Å²) < 4.78 is 5.97. The summed E-state index contributed by atoms with van der Waals surface area (Å²) in [7, 11) is 5.77.